The van der Waals surface area contributed by atoms with Crippen LogP contribution in [-0.2, 0) is 0 Å². The Morgan fingerprint density at radius 3 is 2.52 bits per heavy atom. The van der Waals surface area contributed by atoms with Crippen LogP contribution in [0, 0.1) is 6.92 Å². The van der Waals surface area contributed by atoms with Crippen molar-refractivity contribution in [2.75, 3.05) is 4.90 Å². The Kier molecular flexibility index (Phi) is 4.21. The van der Waals surface area contributed by atoms with Crippen LogP contribution in [0.15, 0.2) is 79.3 Å². The van der Waals surface area contributed by atoms with Crippen LogP contribution in [0.5, 0.6) is 0 Å². The van der Waals surface area contributed by atoms with Crippen LogP contribution in [-0.4, -0.2) is 19.9 Å². The zero-order chi connectivity index (χ0) is 19.8. The minimum absolute atomic E-state index is 0.00940. The second kappa shape index (κ2) is 7.02. The van der Waals surface area contributed by atoms with Crippen molar-refractivity contribution in [3.63, 3.8) is 0 Å². The highest BCUT2D eigenvalue weighted by atomic mass is 15.2. The Bertz CT molecular complexity index is 1280. The molecule has 3 heterocycles. The first-order chi connectivity index (χ1) is 14.2. The largest absolute Gasteiger partial charge is 0.350 e. The minimum atomic E-state index is -0.00940. The molecule has 142 valence electrons. The lowest BCUT2D eigenvalue weighted by Gasteiger charge is -2.30. The molecule has 0 saturated carbocycles. The number of fused-ring (bicyclic) bond motifs is 3. The SMILES string of the molecule is Cc1ccc2[nH]c3c(N(c4ccccc4)C(C)c4ccccn4)ncnc3c2c1. The van der Waals surface area contributed by atoms with Crippen LogP contribution in [0.1, 0.15) is 24.2 Å². The van der Waals surface area contributed by atoms with E-state index in [0.29, 0.717) is 0 Å². The van der Waals surface area contributed by atoms with Gasteiger partial charge in [0.05, 0.1) is 11.7 Å². The van der Waals surface area contributed by atoms with E-state index in [0.717, 1.165) is 39.1 Å². The molecule has 1 atom stereocenters. The Morgan fingerprint density at radius 1 is 0.897 bits per heavy atom. The van der Waals surface area contributed by atoms with E-state index in [1.54, 1.807) is 6.33 Å². The van der Waals surface area contributed by atoms with Crippen LogP contribution in [0.3, 0.4) is 0 Å². The predicted octanol–water partition coefficient (Wildman–Crippen LogP) is 5.71. The Balaban J connectivity index is 1.76. The highest BCUT2D eigenvalue weighted by Crippen LogP contribution is 2.38. The number of hydrogen-bond donors (Lipinski definition) is 1. The van der Waals surface area contributed by atoms with Crippen LogP contribution in [0.4, 0.5) is 11.5 Å². The minimum Gasteiger partial charge on any atom is -0.350 e. The van der Waals surface area contributed by atoms with Gasteiger partial charge < -0.3 is 9.88 Å². The third-order valence-electron chi connectivity index (χ3n) is 5.28. The standard InChI is InChI=1S/C24H21N5/c1-16-11-12-21-19(14-16)22-23(28-21)24(27-15-26-22)29(18-8-4-3-5-9-18)17(2)20-10-6-7-13-25-20/h3-15,17,28H,1-2H3. The zero-order valence-electron chi connectivity index (χ0n) is 16.4. The van der Waals surface area contributed by atoms with E-state index in [4.69, 9.17) is 4.98 Å². The molecule has 5 aromatic rings. The number of para-hydroxylation sites is 1. The monoisotopic (exact) mass is 379 g/mol. The van der Waals surface area contributed by atoms with E-state index in [9.17, 15) is 0 Å². The summed E-state index contributed by atoms with van der Waals surface area (Å²) in [6.45, 7) is 4.25. The van der Waals surface area contributed by atoms with Gasteiger partial charge in [0.25, 0.3) is 0 Å². The predicted molar refractivity (Wildman–Crippen MR) is 117 cm³/mol. The van der Waals surface area contributed by atoms with E-state index in [1.807, 2.05) is 42.6 Å². The lowest BCUT2D eigenvalue weighted by atomic mass is 10.1. The normalized spacial score (nSPS) is 12.3. The maximum Gasteiger partial charge on any atom is 0.161 e. The van der Waals surface area contributed by atoms with Gasteiger partial charge in [-0.3, -0.25) is 4.98 Å². The average molecular weight is 379 g/mol. The molecule has 5 nitrogen and oxygen atoms in total. The number of anilines is 2. The summed E-state index contributed by atoms with van der Waals surface area (Å²) in [4.78, 5) is 19.6. The summed E-state index contributed by atoms with van der Waals surface area (Å²) in [6, 6.07) is 22.7. The number of aryl methyl sites for hydroxylation is 1. The van der Waals surface area contributed by atoms with E-state index < -0.39 is 0 Å². The van der Waals surface area contributed by atoms with Crippen LogP contribution in [0.25, 0.3) is 21.9 Å². The number of benzene rings is 2. The van der Waals surface area contributed by atoms with Gasteiger partial charge in [-0.25, -0.2) is 9.97 Å². The first-order valence-corrected chi connectivity index (χ1v) is 9.70. The molecule has 0 aliphatic carbocycles. The number of pyridine rings is 1. The summed E-state index contributed by atoms with van der Waals surface area (Å²) >= 11 is 0. The Labute approximate surface area is 169 Å². The molecule has 0 saturated heterocycles. The third kappa shape index (κ3) is 3.01. The fourth-order valence-corrected chi connectivity index (χ4v) is 3.85. The van der Waals surface area contributed by atoms with Crippen LogP contribution in [0.2, 0.25) is 0 Å². The number of H-pyrrole nitrogens is 1. The van der Waals surface area contributed by atoms with Gasteiger partial charge in [-0.05, 0) is 50.2 Å². The molecular formula is C24H21N5. The second-order valence-electron chi connectivity index (χ2n) is 7.23. The van der Waals surface area contributed by atoms with Crippen molar-refractivity contribution in [3.8, 4) is 0 Å². The molecule has 2 aromatic carbocycles. The molecule has 0 aliphatic rings. The summed E-state index contributed by atoms with van der Waals surface area (Å²) in [5, 5.41) is 1.11. The van der Waals surface area contributed by atoms with Crippen molar-refractivity contribution in [2.24, 2.45) is 0 Å². The molecule has 29 heavy (non-hydrogen) atoms. The molecule has 1 unspecified atom stereocenters. The van der Waals surface area contributed by atoms with Gasteiger partial charge in [-0.2, -0.15) is 0 Å². The number of nitrogens with one attached hydrogen (secondary N) is 1. The maximum absolute atomic E-state index is 4.70. The summed E-state index contributed by atoms with van der Waals surface area (Å²) in [7, 11) is 0. The quantitative estimate of drug-likeness (QED) is 0.434. The van der Waals surface area contributed by atoms with Crippen molar-refractivity contribution in [2.45, 2.75) is 19.9 Å². The highest BCUT2D eigenvalue weighted by Gasteiger charge is 2.24. The topological polar surface area (TPSA) is 57.7 Å². The van der Waals surface area contributed by atoms with Gasteiger partial charge in [0.2, 0.25) is 0 Å². The fourth-order valence-electron chi connectivity index (χ4n) is 3.85. The van der Waals surface area contributed by atoms with Crippen LogP contribution < -0.4 is 4.90 Å². The van der Waals surface area contributed by atoms with Gasteiger partial charge in [0.15, 0.2) is 5.82 Å². The molecule has 0 fully saturated rings. The molecule has 0 radical (unpaired) electrons. The number of aromatic nitrogens is 4. The van der Waals surface area contributed by atoms with Gasteiger partial charge in [0, 0.05) is 22.8 Å². The molecule has 0 spiro atoms. The fraction of sp³-hybridized carbons (Fsp3) is 0.125. The van der Waals surface area contributed by atoms with Gasteiger partial charge in [-0.15, -0.1) is 0 Å². The zero-order valence-corrected chi connectivity index (χ0v) is 16.4. The number of aromatic amines is 1. The molecule has 3 aromatic heterocycles. The lowest BCUT2D eigenvalue weighted by Crippen LogP contribution is -2.23. The van der Waals surface area contributed by atoms with Gasteiger partial charge >= 0.3 is 0 Å². The van der Waals surface area contributed by atoms with Crippen LogP contribution >= 0.6 is 0 Å². The average Bonchev–Trinajstić information content (AvgIpc) is 3.14. The maximum atomic E-state index is 4.70. The smallest absolute Gasteiger partial charge is 0.161 e. The molecular weight excluding hydrogens is 358 g/mol. The van der Waals surface area contributed by atoms with Gasteiger partial charge in [0.1, 0.15) is 17.4 Å². The lowest BCUT2D eigenvalue weighted by molar-refractivity contribution is 0.736. The molecule has 0 aliphatic heterocycles. The summed E-state index contributed by atoms with van der Waals surface area (Å²) in [5.41, 5.74) is 6.17. The Morgan fingerprint density at radius 2 is 1.72 bits per heavy atom. The third-order valence-corrected chi connectivity index (χ3v) is 5.28. The molecule has 5 heteroatoms. The van der Waals surface area contributed by atoms with E-state index >= 15 is 0 Å². The first kappa shape index (κ1) is 17.4. The summed E-state index contributed by atoms with van der Waals surface area (Å²) in [5.74, 6) is 0.841. The number of rotatable bonds is 4. The molecule has 5 rings (SSSR count). The summed E-state index contributed by atoms with van der Waals surface area (Å²) in [6.07, 6.45) is 3.48. The van der Waals surface area contributed by atoms with Crippen molar-refractivity contribution in [3.05, 3.63) is 90.5 Å². The van der Waals surface area contributed by atoms with Crippen molar-refractivity contribution < 1.29 is 0 Å². The van der Waals surface area contributed by atoms with E-state index in [-0.39, 0.29) is 6.04 Å². The van der Waals surface area contributed by atoms with Crippen molar-refractivity contribution in [1.29, 1.82) is 0 Å². The Hall–Kier alpha value is -3.73. The number of hydrogen-bond acceptors (Lipinski definition) is 4. The second-order valence-corrected chi connectivity index (χ2v) is 7.23. The van der Waals surface area contributed by atoms with Crippen molar-refractivity contribution in [1.82, 2.24) is 19.9 Å². The molecule has 1 N–H and O–H groups in total. The molecule has 0 bridgehead atoms. The highest BCUT2D eigenvalue weighted by molar-refractivity contribution is 6.08. The van der Waals surface area contributed by atoms with E-state index in [1.165, 1.54) is 5.56 Å². The number of nitrogens with zero attached hydrogens (tertiary/aromatic N) is 4. The summed E-state index contributed by atoms with van der Waals surface area (Å²) < 4.78 is 0. The first-order valence-electron chi connectivity index (χ1n) is 9.70. The van der Waals surface area contributed by atoms with Crippen molar-refractivity contribution >= 4 is 33.4 Å². The van der Waals surface area contributed by atoms with Gasteiger partial charge in [-0.1, -0.05) is 35.9 Å². The van der Waals surface area contributed by atoms with E-state index in [2.05, 4.69) is 64.0 Å². The molecule has 0 amide bonds.